The largest absolute Gasteiger partial charge is 0.329 e. The zero-order valence-electron chi connectivity index (χ0n) is 7.80. The molecule has 4 heteroatoms. The molecule has 0 unspecified atom stereocenters. The van der Waals surface area contributed by atoms with E-state index in [1.807, 2.05) is 36.5 Å². The Hall–Kier alpha value is -1.68. The summed E-state index contributed by atoms with van der Waals surface area (Å²) < 4.78 is 1.75. The Morgan fingerprint density at radius 2 is 2.00 bits per heavy atom. The van der Waals surface area contributed by atoms with E-state index in [1.54, 1.807) is 4.68 Å². The third-order valence-corrected chi connectivity index (χ3v) is 1.97. The zero-order chi connectivity index (χ0) is 9.80. The van der Waals surface area contributed by atoms with E-state index in [0.717, 1.165) is 11.3 Å². The Morgan fingerprint density at radius 1 is 1.21 bits per heavy atom. The van der Waals surface area contributed by atoms with Crippen LogP contribution in [-0.2, 0) is 6.54 Å². The second kappa shape index (κ2) is 4.02. The lowest BCUT2D eigenvalue weighted by molar-refractivity contribution is 0.598. The molecular formula is C10H12N4. The summed E-state index contributed by atoms with van der Waals surface area (Å²) in [5.74, 6) is 0. The third kappa shape index (κ3) is 1.80. The highest BCUT2D eigenvalue weighted by Crippen LogP contribution is 2.14. The normalized spacial score (nSPS) is 10.4. The monoisotopic (exact) mass is 188 g/mol. The number of nitrogens with zero attached hydrogens (tertiary/aromatic N) is 3. The number of aromatic nitrogens is 3. The maximum absolute atomic E-state index is 5.42. The number of hydrogen-bond acceptors (Lipinski definition) is 3. The molecule has 0 fully saturated rings. The van der Waals surface area contributed by atoms with E-state index in [2.05, 4.69) is 10.3 Å². The molecule has 1 aromatic carbocycles. The highest BCUT2D eigenvalue weighted by atomic mass is 15.4. The van der Waals surface area contributed by atoms with Gasteiger partial charge in [0.2, 0.25) is 0 Å². The van der Waals surface area contributed by atoms with Crippen molar-refractivity contribution in [2.75, 3.05) is 6.54 Å². The van der Waals surface area contributed by atoms with Gasteiger partial charge >= 0.3 is 0 Å². The fraction of sp³-hybridized carbons (Fsp3) is 0.200. The van der Waals surface area contributed by atoms with Gasteiger partial charge in [-0.25, -0.2) is 0 Å². The number of nitrogens with two attached hydrogens (primary N) is 1. The molecule has 0 bridgehead atoms. The minimum atomic E-state index is 0.581. The van der Waals surface area contributed by atoms with Gasteiger partial charge in [0.1, 0.15) is 5.69 Å². The minimum Gasteiger partial charge on any atom is -0.329 e. The fourth-order valence-corrected chi connectivity index (χ4v) is 1.28. The van der Waals surface area contributed by atoms with Gasteiger partial charge in [-0.05, 0) is 0 Å². The van der Waals surface area contributed by atoms with Crippen molar-refractivity contribution in [1.82, 2.24) is 15.0 Å². The molecule has 0 aliphatic heterocycles. The fourth-order valence-electron chi connectivity index (χ4n) is 1.28. The molecule has 14 heavy (non-hydrogen) atoms. The third-order valence-electron chi connectivity index (χ3n) is 1.97. The Labute approximate surface area is 82.4 Å². The molecule has 0 radical (unpaired) electrons. The van der Waals surface area contributed by atoms with Crippen LogP contribution in [0.1, 0.15) is 0 Å². The molecule has 0 saturated carbocycles. The first-order valence-electron chi connectivity index (χ1n) is 4.56. The zero-order valence-corrected chi connectivity index (χ0v) is 7.80. The number of rotatable bonds is 3. The molecule has 0 aliphatic carbocycles. The Bertz CT molecular complexity index is 394. The van der Waals surface area contributed by atoms with Crippen LogP contribution in [0.4, 0.5) is 0 Å². The average molecular weight is 188 g/mol. The predicted molar refractivity (Wildman–Crippen MR) is 54.5 cm³/mol. The molecular weight excluding hydrogens is 176 g/mol. The molecule has 0 amide bonds. The van der Waals surface area contributed by atoms with Crippen LogP contribution in [0.5, 0.6) is 0 Å². The Balaban J connectivity index is 2.25. The van der Waals surface area contributed by atoms with Crippen molar-refractivity contribution in [3.05, 3.63) is 36.5 Å². The molecule has 2 aromatic rings. The van der Waals surface area contributed by atoms with Crippen LogP contribution in [0.2, 0.25) is 0 Å². The first kappa shape index (κ1) is 8.90. The molecule has 0 atom stereocenters. The predicted octanol–water partition coefficient (Wildman–Crippen LogP) is 0.904. The van der Waals surface area contributed by atoms with Gasteiger partial charge in [-0.3, -0.25) is 4.68 Å². The van der Waals surface area contributed by atoms with Gasteiger partial charge in [0.05, 0.1) is 12.7 Å². The summed E-state index contributed by atoms with van der Waals surface area (Å²) in [6.45, 7) is 1.29. The van der Waals surface area contributed by atoms with Gasteiger partial charge in [0.15, 0.2) is 0 Å². The molecule has 1 heterocycles. The van der Waals surface area contributed by atoms with Gasteiger partial charge in [-0.2, -0.15) is 0 Å². The molecule has 72 valence electrons. The minimum absolute atomic E-state index is 0.581. The SMILES string of the molecule is NCCn1cc(-c2ccccc2)nn1. The van der Waals surface area contributed by atoms with Crippen LogP contribution in [0, 0.1) is 0 Å². The molecule has 4 nitrogen and oxygen atoms in total. The van der Waals surface area contributed by atoms with E-state index in [4.69, 9.17) is 5.73 Å². The first-order valence-corrected chi connectivity index (χ1v) is 4.56. The molecule has 1 aromatic heterocycles. The summed E-state index contributed by atoms with van der Waals surface area (Å²) in [7, 11) is 0. The lowest BCUT2D eigenvalue weighted by atomic mass is 10.2. The van der Waals surface area contributed by atoms with Crippen LogP contribution in [0.3, 0.4) is 0 Å². The van der Waals surface area contributed by atoms with Crippen molar-refractivity contribution < 1.29 is 0 Å². The van der Waals surface area contributed by atoms with E-state index in [9.17, 15) is 0 Å². The first-order chi connectivity index (χ1) is 6.90. The number of benzene rings is 1. The lowest BCUT2D eigenvalue weighted by Crippen LogP contribution is -2.10. The second-order valence-corrected chi connectivity index (χ2v) is 3.02. The quantitative estimate of drug-likeness (QED) is 0.778. The van der Waals surface area contributed by atoms with Gasteiger partial charge in [0, 0.05) is 12.1 Å². The van der Waals surface area contributed by atoms with E-state index in [-0.39, 0.29) is 0 Å². The van der Waals surface area contributed by atoms with Crippen molar-refractivity contribution in [3.8, 4) is 11.3 Å². The summed E-state index contributed by atoms with van der Waals surface area (Å²) in [5.41, 5.74) is 7.39. The van der Waals surface area contributed by atoms with Crippen LogP contribution in [-0.4, -0.2) is 21.5 Å². The van der Waals surface area contributed by atoms with Gasteiger partial charge in [-0.1, -0.05) is 35.5 Å². The highest BCUT2D eigenvalue weighted by molar-refractivity contribution is 5.56. The molecule has 2 rings (SSSR count). The van der Waals surface area contributed by atoms with Crippen molar-refractivity contribution in [3.63, 3.8) is 0 Å². The van der Waals surface area contributed by atoms with Crippen molar-refractivity contribution in [2.45, 2.75) is 6.54 Å². The maximum atomic E-state index is 5.42. The lowest BCUT2D eigenvalue weighted by Gasteiger charge is -1.94. The number of hydrogen-bond donors (Lipinski definition) is 1. The Kier molecular flexibility index (Phi) is 2.55. The molecule has 2 N–H and O–H groups in total. The van der Waals surface area contributed by atoms with Crippen molar-refractivity contribution in [2.24, 2.45) is 5.73 Å². The van der Waals surface area contributed by atoms with Crippen LogP contribution < -0.4 is 5.73 Å². The van der Waals surface area contributed by atoms with Crippen LogP contribution in [0.15, 0.2) is 36.5 Å². The van der Waals surface area contributed by atoms with E-state index >= 15 is 0 Å². The van der Waals surface area contributed by atoms with Crippen molar-refractivity contribution >= 4 is 0 Å². The van der Waals surface area contributed by atoms with E-state index in [1.165, 1.54) is 0 Å². The van der Waals surface area contributed by atoms with Gasteiger partial charge < -0.3 is 5.73 Å². The van der Waals surface area contributed by atoms with Gasteiger partial charge in [-0.15, -0.1) is 5.10 Å². The molecule has 0 saturated heterocycles. The summed E-state index contributed by atoms with van der Waals surface area (Å²) in [6.07, 6.45) is 1.90. The van der Waals surface area contributed by atoms with Crippen LogP contribution >= 0.6 is 0 Å². The summed E-state index contributed by atoms with van der Waals surface area (Å²) >= 11 is 0. The van der Waals surface area contributed by atoms with E-state index in [0.29, 0.717) is 13.1 Å². The van der Waals surface area contributed by atoms with Gasteiger partial charge in [0.25, 0.3) is 0 Å². The Morgan fingerprint density at radius 3 is 2.71 bits per heavy atom. The summed E-state index contributed by atoms with van der Waals surface area (Å²) in [4.78, 5) is 0. The smallest absolute Gasteiger partial charge is 0.113 e. The second-order valence-electron chi connectivity index (χ2n) is 3.02. The van der Waals surface area contributed by atoms with E-state index < -0.39 is 0 Å². The van der Waals surface area contributed by atoms with Crippen molar-refractivity contribution in [1.29, 1.82) is 0 Å². The summed E-state index contributed by atoms with van der Waals surface area (Å²) in [6, 6.07) is 9.97. The molecule has 0 spiro atoms. The molecule has 0 aliphatic rings. The average Bonchev–Trinajstić information content (AvgIpc) is 2.68. The highest BCUT2D eigenvalue weighted by Gasteiger charge is 2.01. The topological polar surface area (TPSA) is 56.7 Å². The van der Waals surface area contributed by atoms with Crippen LogP contribution in [0.25, 0.3) is 11.3 Å². The standard InChI is InChI=1S/C10H12N4/c11-6-7-14-8-10(12-13-14)9-4-2-1-3-5-9/h1-5,8H,6-7,11H2. The maximum Gasteiger partial charge on any atom is 0.113 e. The summed E-state index contributed by atoms with van der Waals surface area (Å²) in [5, 5.41) is 8.03.